The monoisotopic (exact) mass is 390 g/mol. The average Bonchev–Trinajstić information content (AvgIpc) is 2.40. The van der Waals surface area contributed by atoms with E-state index in [1.807, 2.05) is 6.07 Å². The number of halogens is 4. The van der Waals surface area contributed by atoms with Gasteiger partial charge in [0.25, 0.3) is 0 Å². The molecule has 0 aliphatic rings. The quantitative estimate of drug-likeness (QED) is 0.470. The zero-order valence-corrected chi connectivity index (χ0v) is 12.8. The highest BCUT2D eigenvalue weighted by Crippen LogP contribution is 2.33. The first-order chi connectivity index (χ1) is 9.06. The molecule has 0 heterocycles. The molecule has 0 bridgehead atoms. The maximum absolute atomic E-state index is 14.1. The molecule has 100 valence electrons. The van der Waals surface area contributed by atoms with Gasteiger partial charge in [0.15, 0.2) is 0 Å². The van der Waals surface area contributed by atoms with Crippen LogP contribution < -0.4 is 11.3 Å². The van der Waals surface area contributed by atoms with Gasteiger partial charge < -0.3 is 0 Å². The van der Waals surface area contributed by atoms with E-state index in [0.717, 1.165) is 4.47 Å². The van der Waals surface area contributed by atoms with Crippen LogP contribution in [0.3, 0.4) is 0 Å². The SMILES string of the molecule is NNC(c1ccccc1Br)c1c(F)ccc(Br)c1F. The standard InChI is InChI=1S/C13H10Br2F2N2/c14-8-4-2-1-3-7(8)13(19-18)11-10(16)6-5-9(15)12(11)17/h1-6,13,19H,18H2. The summed E-state index contributed by atoms with van der Waals surface area (Å²) in [7, 11) is 0. The zero-order chi connectivity index (χ0) is 14.0. The van der Waals surface area contributed by atoms with Crippen LogP contribution in [0.2, 0.25) is 0 Å². The number of nitrogens with two attached hydrogens (primary N) is 1. The lowest BCUT2D eigenvalue weighted by Crippen LogP contribution is -2.30. The average molecular weight is 392 g/mol. The third kappa shape index (κ3) is 2.86. The molecular weight excluding hydrogens is 382 g/mol. The van der Waals surface area contributed by atoms with Crippen LogP contribution >= 0.6 is 31.9 Å². The lowest BCUT2D eigenvalue weighted by molar-refractivity contribution is 0.507. The number of benzene rings is 2. The molecule has 0 radical (unpaired) electrons. The van der Waals surface area contributed by atoms with E-state index in [0.29, 0.717) is 5.56 Å². The van der Waals surface area contributed by atoms with Crippen molar-refractivity contribution < 1.29 is 8.78 Å². The summed E-state index contributed by atoms with van der Waals surface area (Å²) >= 11 is 6.40. The van der Waals surface area contributed by atoms with E-state index in [-0.39, 0.29) is 10.0 Å². The van der Waals surface area contributed by atoms with Gasteiger partial charge in [0, 0.05) is 10.0 Å². The fraction of sp³-hybridized carbons (Fsp3) is 0.0769. The van der Waals surface area contributed by atoms with Crippen LogP contribution in [0.5, 0.6) is 0 Å². The van der Waals surface area contributed by atoms with Gasteiger partial charge >= 0.3 is 0 Å². The lowest BCUT2D eigenvalue weighted by Gasteiger charge is -2.20. The summed E-state index contributed by atoms with van der Waals surface area (Å²) in [5.41, 5.74) is 2.99. The van der Waals surface area contributed by atoms with Gasteiger partial charge in [-0.05, 0) is 39.7 Å². The Morgan fingerprint density at radius 2 is 1.68 bits per heavy atom. The minimum Gasteiger partial charge on any atom is -0.271 e. The number of hydrogen-bond donors (Lipinski definition) is 2. The van der Waals surface area contributed by atoms with Crippen molar-refractivity contribution >= 4 is 31.9 Å². The normalized spacial score (nSPS) is 12.5. The van der Waals surface area contributed by atoms with Crippen molar-refractivity contribution in [3.05, 3.63) is 68.1 Å². The maximum Gasteiger partial charge on any atom is 0.145 e. The second-order valence-corrected chi connectivity index (χ2v) is 5.59. The Kier molecular flexibility index (Phi) is 4.67. The van der Waals surface area contributed by atoms with Gasteiger partial charge in [-0.1, -0.05) is 34.1 Å². The van der Waals surface area contributed by atoms with Gasteiger partial charge in [0.1, 0.15) is 11.6 Å². The van der Waals surface area contributed by atoms with Crippen molar-refractivity contribution in [1.29, 1.82) is 0 Å². The molecule has 2 aromatic rings. The highest BCUT2D eigenvalue weighted by molar-refractivity contribution is 9.10. The minimum absolute atomic E-state index is 0.122. The predicted octanol–water partition coefficient (Wildman–Crippen LogP) is 4.04. The highest BCUT2D eigenvalue weighted by Gasteiger charge is 2.24. The summed E-state index contributed by atoms with van der Waals surface area (Å²) in [4.78, 5) is 0. The summed E-state index contributed by atoms with van der Waals surface area (Å²) in [6, 6.07) is 8.86. The van der Waals surface area contributed by atoms with E-state index < -0.39 is 17.7 Å². The molecular formula is C13H10Br2F2N2. The van der Waals surface area contributed by atoms with Crippen molar-refractivity contribution in [2.75, 3.05) is 0 Å². The Labute approximate surface area is 126 Å². The summed E-state index contributed by atoms with van der Waals surface area (Å²) in [6.45, 7) is 0. The molecule has 3 N–H and O–H groups in total. The molecule has 2 nitrogen and oxygen atoms in total. The minimum atomic E-state index is -0.784. The van der Waals surface area contributed by atoms with E-state index >= 15 is 0 Å². The molecule has 6 heteroatoms. The Morgan fingerprint density at radius 3 is 2.32 bits per heavy atom. The first-order valence-electron chi connectivity index (χ1n) is 5.40. The largest absolute Gasteiger partial charge is 0.271 e. The molecule has 19 heavy (non-hydrogen) atoms. The zero-order valence-electron chi connectivity index (χ0n) is 9.63. The topological polar surface area (TPSA) is 38.0 Å². The van der Waals surface area contributed by atoms with Gasteiger partial charge in [-0.25, -0.2) is 14.2 Å². The van der Waals surface area contributed by atoms with Gasteiger partial charge in [-0.3, -0.25) is 5.84 Å². The fourth-order valence-electron chi connectivity index (χ4n) is 1.85. The Morgan fingerprint density at radius 1 is 1.00 bits per heavy atom. The molecule has 0 saturated carbocycles. The molecule has 2 aromatic carbocycles. The summed E-state index contributed by atoms with van der Waals surface area (Å²) in [6.07, 6.45) is 0. The maximum atomic E-state index is 14.1. The number of rotatable bonds is 3. The van der Waals surface area contributed by atoms with E-state index in [9.17, 15) is 8.78 Å². The summed E-state index contributed by atoms with van der Waals surface area (Å²) < 4.78 is 28.9. The second-order valence-electron chi connectivity index (χ2n) is 3.88. The van der Waals surface area contributed by atoms with Crippen LogP contribution in [0, 0.1) is 11.6 Å². The van der Waals surface area contributed by atoms with Crippen LogP contribution in [0.25, 0.3) is 0 Å². The molecule has 0 saturated heterocycles. The predicted molar refractivity (Wildman–Crippen MR) is 77.4 cm³/mol. The molecule has 0 spiro atoms. The number of hydrazine groups is 1. The van der Waals surface area contributed by atoms with E-state index in [1.165, 1.54) is 12.1 Å². The highest BCUT2D eigenvalue weighted by atomic mass is 79.9. The van der Waals surface area contributed by atoms with Gasteiger partial charge in [-0.2, -0.15) is 0 Å². The molecule has 0 aliphatic carbocycles. The smallest absolute Gasteiger partial charge is 0.145 e. The molecule has 0 amide bonds. The number of nitrogens with one attached hydrogen (secondary N) is 1. The summed E-state index contributed by atoms with van der Waals surface area (Å²) in [5, 5.41) is 0. The van der Waals surface area contributed by atoms with E-state index in [1.54, 1.807) is 18.2 Å². The molecule has 1 unspecified atom stereocenters. The van der Waals surface area contributed by atoms with Crippen molar-refractivity contribution in [2.24, 2.45) is 5.84 Å². The van der Waals surface area contributed by atoms with Crippen LogP contribution in [0.1, 0.15) is 17.2 Å². The van der Waals surface area contributed by atoms with Crippen molar-refractivity contribution in [1.82, 2.24) is 5.43 Å². The van der Waals surface area contributed by atoms with Crippen LogP contribution in [-0.4, -0.2) is 0 Å². The molecule has 0 fully saturated rings. The Hall–Kier alpha value is -0.820. The first kappa shape index (κ1) is 14.6. The third-order valence-corrected chi connectivity index (χ3v) is 4.09. The molecule has 2 rings (SSSR count). The number of hydrogen-bond acceptors (Lipinski definition) is 2. The second kappa shape index (κ2) is 6.09. The van der Waals surface area contributed by atoms with Crippen molar-refractivity contribution in [3.8, 4) is 0 Å². The fourth-order valence-corrected chi connectivity index (χ4v) is 2.70. The summed E-state index contributed by atoms with van der Waals surface area (Å²) in [5.74, 6) is 4.15. The third-order valence-electron chi connectivity index (χ3n) is 2.75. The van der Waals surface area contributed by atoms with Crippen LogP contribution in [-0.2, 0) is 0 Å². The lowest BCUT2D eigenvalue weighted by atomic mass is 9.98. The van der Waals surface area contributed by atoms with Gasteiger partial charge in [0.05, 0.1) is 10.5 Å². The molecule has 0 aliphatic heterocycles. The first-order valence-corrected chi connectivity index (χ1v) is 6.98. The van der Waals surface area contributed by atoms with Crippen molar-refractivity contribution in [3.63, 3.8) is 0 Å². The van der Waals surface area contributed by atoms with Crippen molar-refractivity contribution in [2.45, 2.75) is 6.04 Å². The van der Waals surface area contributed by atoms with Gasteiger partial charge in [0.2, 0.25) is 0 Å². The Balaban J connectivity index is 2.61. The Bertz CT molecular complexity index is 605. The van der Waals surface area contributed by atoms with Crippen LogP contribution in [0.4, 0.5) is 8.78 Å². The molecule has 0 aromatic heterocycles. The van der Waals surface area contributed by atoms with Crippen LogP contribution in [0.15, 0.2) is 45.3 Å². The van der Waals surface area contributed by atoms with E-state index in [4.69, 9.17) is 5.84 Å². The van der Waals surface area contributed by atoms with Gasteiger partial charge in [-0.15, -0.1) is 0 Å². The molecule has 1 atom stereocenters. The van der Waals surface area contributed by atoms with E-state index in [2.05, 4.69) is 37.3 Å².